The number of hydrogen-bond acceptors (Lipinski definition) is 4. The molecule has 6 heteroatoms. The molecule has 6 nitrogen and oxygen atoms in total. The van der Waals surface area contributed by atoms with Crippen LogP contribution in [0.5, 0.6) is 0 Å². The molecule has 1 aliphatic rings. The Morgan fingerprint density at radius 2 is 2.30 bits per heavy atom. The maximum Gasteiger partial charge on any atom is 0.220 e. The molecule has 0 spiro atoms. The minimum Gasteiger partial charge on any atom is -0.388 e. The Bertz CT molecular complexity index is 626. The van der Waals surface area contributed by atoms with Crippen molar-refractivity contribution in [3.05, 3.63) is 36.3 Å². The van der Waals surface area contributed by atoms with E-state index in [1.54, 1.807) is 0 Å². The van der Waals surface area contributed by atoms with E-state index >= 15 is 0 Å². The van der Waals surface area contributed by atoms with Crippen molar-refractivity contribution in [3.8, 4) is 0 Å². The number of pyridine rings is 1. The normalized spacial score (nSPS) is 22.0. The lowest BCUT2D eigenvalue weighted by Crippen LogP contribution is -2.43. The van der Waals surface area contributed by atoms with Crippen molar-refractivity contribution in [2.75, 3.05) is 19.6 Å². The lowest BCUT2D eigenvalue weighted by Gasteiger charge is -2.26. The summed E-state index contributed by atoms with van der Waals surface area (Å²) >= 11 is 0. The maximum atomic E-state index is 12.0. The predicted octanol–water partition coefficient (Wildman–Crippen LogP) is 0.888. The quantitative estimate of drug-likeness (QED) is 0.765. The van der Waals surface area contributed by atoms with Gasteiger partial charge in [0.2, 0.25) is 5.91 Å². The van der Waals surface area contributed by atoms with E-state index in [0.717, 1.165) is 37.3 Å². The van der Waals surface area contributed by atoms with Gasteiger partial charge in [0, 0.05) is 25.4 Å². The molecular weight excluding hydrogens is 292 g/mol. The second-order valence-electron chi connectivity index (χ2n) is 6.30. The Hall–Kier alpha value is -1.92. The zero-order valence-corrected chi connectivity index (χ0v) is 13.3. The predicted molar refractivity (Wildman–Crippen MR) is 88.2 cm³/mol. The van der Waals surface area contributed by atoms with E-state index < -0.39 is 5.60 Å². The van der Waals surface area contributed by atoms with Crippen molar-refractivity contribution in [3.63, 3.8) is 0 Å². The number of aromatic nitrogens is 2. The summed E-state index contributed by atoms with van der Waals surface area (Å²) in [6.07, 6.45) is 7.24. The molecular formula is C17H24N4O2. The number of hydrogen-bond donors (Lipinski definition) is 3. The van der Waals surface area contributed by atoms with Gasteiger partial charge in [0.25, 0.3) is 0 Å². The molecule has 1 atom stereocenters. The van der Waals surface area contributed by atoms with Gasteiger partial charge in [-0.3, -0.25) is 4.79 Å². The summed E-state index contributed by atoms with van der Waals surface area (Å²) in [5.74, 6) is -0.0345. The van der Waals surface area contributed by atoms with Crippen LogP contribution in [0, 0.1) is 0 Å². The fourth-order valence-electron chi connectivity index (χ4n) is 2.99. The number of amides is 1. The van der Waals surface area contributed by atoms with Gasteiger partial charge in [-0.1, -0.05) is 6.07 Å². The zero-order chi connectivity index (χ0) is 16.1. The second kappa shape index (κ2) is 7.10. The highest BCUT2D eigenvalue weighted by molar-refractivity contribution is 5.76. The van der Waals surface area contributed by atoms with E-state index in [2.05, 4.69) is 15.6 Å². The molecule has 1 amide bonds. The maximum absolute atomic E-state index is 12.0. The number of carbonyl (C=O) groups excluding carboxylic acids is 1. The van der Waals surface area contributed by atoms with E-state index in [1.165, 1.54) is 0 Å². The fraction of sp³-hybridized carbons (Fsp3) is 0.529. The minimum absolute atomic E-state index is 0.0345. The van der Waals surface area contributed by atoms with Crippen LogP contribution in [-0.4, -0.2) is 45.6 Å². The molecule has 2 aromatic heterocycles. The Balaban J connectivity index is 1.47. The zero-order valence-electron chi connectivity index (χ0n) is 13.3. The summed E-state index contributed by atoms with van der Waals surface area (Å²) in [5, 5.41) is 16.6. The van der Waals surface area contributed by atoms with Crippen molar-refractivity contribution < 1.29 is 9.90 Å². The molecule has 1 saturated heterocycles. The molecule has 3 heterocycles. The van der Waals surface area contributed by atoms with Gasteiger partial charge in [-0.2, -0.15) is 0 Å². The molecule has 0 saturated carbocycles. The first-order valence-electron chi connectivity index (χ1n) is 8.27. The first-order chi connectivity index (χ1) is 11.1. The van der Waals surface area contributed by atoms with E-state index in [0.29, 0.717) is 25.8 Å². The first-order valence-corrected chi connectivity index (χ1v) is 8.27. The molecule has 0 aromatic carbocycles. The largest absolute Gasteiger partial charge is 0.388 e. The lowest BCUT2D eigenvalue weighted by atomic mass is 9.95. The Morgan fingerprint density at radius 1 is 1.39 bits per heavy atom. The number of imidazole rings is 1. The third-order valence-electron chi connectivity index (χ3n) is 4.40. The highest BCUT2D eigenvalue weighted by Gasteiger charge is 2.28. The average Bonchev–Trinajstić information content (AvgIpc) is 2.85. The van der Waals surface area contributed by atoms with E-state index in [-0.39, 0.29) is 5.91 Å². The molecule has 2 aromatic rings. The standard InChI is InChI=1S/C17H24N4O2/c22-16(19-13-17(23)7-3-9-18-10-8-17)6-5-14-12-21-11-2-1-4-15(21)20-14/h1-2,4,11-12,18,23H,3,5-10,13H2,(H,19,22). The summed E-state index contributed by atoms with van der Waals surface area (Å²) in [4.78, 5) is 16.5. The second-order valence-corrected chi connectivity index (χ2v) is 6.30. The molecule has 0 bridgehead atoms. The smallest absolute Gasteiger partial charge is 0.220 e. The molecule has 124 valence electrons. The number of rotatable bonds is 5. The Kier molecular flexibility index (Phi) is 4.93. The van der Waals surface area contributed by atoms with Crippen molar-refractivity contribution in [2.24, 2.45) is 0 Å². The van der Waals surface area contributed by atoms with Gasteiger partial charge in [-0.05, 0) is 50.9 Å². The molecule has 3 rings (SSSR count). The van der Waals surface area contributed by atoms with Crippen molar-refractivity contribution in [1.82, 2.24) is 20.0 Å². The number of nitrogens with zero attached hydrogens (tertiary/aromatic N) is 2. The van der Waals surface area contributed by atoms with E-state index in [9.17, 15) is 9.90 Å². The number of aliphatic hydroxyl groups is 1. The molecule has 0 radical (unpaired) electrons. The van der Waals surface area contributed by atoms with Crippen LogP contribution in [0.3, 0.4) is 0 Å². The monoisotopic (exact) mass is 316 g/mol. The van der Waals surface area contributed by atoms with Gasteiger partial charge in [0.1, 0.15) is 5.65 Å². The number of carbonyl (C=O) groups is 1. The van der Waals surface area contributed by atoms with E-state index in [4.69, 9.17) is 0 Å². The summed E-state index contributed by atoms with van der Waals surface area (Å²) in [5.41, 5.74) is 1.02. The van der Waals surface area contributed by atoms with Gasteiger partial charge in [0.15, 0.2) is 0 Å². The molecule has 1 fully saturated rings. The number of aryl methyl sites for hydroxylation is 1. The highest BCUT2D eigenvalue weighted by atomic mass is 16.3. The lowest BCUT2D eigenvalue weighted by molar-refractivity contribution is -0.122. The molecule has 1 unspecified atom stereocenters. The number of nitrogens with one attached hydrogen (secondary N) is 2. The van der Waals surface area contributed by atoms with Crippen LogP contribution >= 0.6 is 0 Å². The summed E-state index contributed by atoms with van der Waals surface area (Å²) in [7, 11) is 0. The van der Waals surface area contributed by atoms with Crippen molar-refractivity contribution in [2.45, 2.75) is 37.7 Å². The van der Waals surface area contributed by atoms with Crippen LogP contribution in [0.4, 0.5) is 0 Å². The molecule has 3 N–H and O–H groups in total. The van der Waals surface area contributed by atoms with Gasteiger partial charge >= 0.3 is 0 Å². The SMILES string of the molecule is O=C(CCc1cn2ccccc2n1)NCC1(O)CCCNCC1. The van der Waals surface area contributed by atoms with Crippen LogP contribution in [0.2, 0.25) is 0 Å². The van der Waals surface area contributed by atoms with Gasteiger partial charge in [0.05, 0.1) is 11.3 Å². The topological polar surface area (TPSA) is 78.7 Å². The third kappa shape index (κ3) is 4.30. The van der Waals surface area contributed by atoms with Crippen LogP contribution in [0.15, 0.2) is 30.6 Å². The third-order valence-corrected chi connectivity index (χ3v) is 4.40. The van der Waals surface area contributed by atoms with Gasteiger partial charge in [-0.15, -0.1) is 0 Å². The van der Waals surface area contributed by atoms with Gasteiger partial charge < -0.3 is 20.1 Å². The highest BCUT2D eigenvalue weighted by Crippen LogP contribution is 2.18. The first kappa shape index (κ1) is 16.0. The molecule has 1 aliphatic heterocycles. The summed E-state index contributed by atoms with van der Waals surface area (Å²) in [6.45, 7) is 2.07. The van der Waals surface area contributed by atoms with Crippen LogP contribution in [0.1, 0.15) is 31.4 Å². The van der Waals surface area contributed by atoms with Crippen LogP contribution < -0.4 is 10.6 Å². The van der Waals surface area contributed by atoms with Crippen molar-refractivity contribution >= 4 is 11.6 Å². The van der Waals surface area contributed by atoms with Crippen LogP contribution in [0.25, 0.3) is 5.65 Å². The fourth-order valence-corrected chi connectivity index (χ4v) is 2.99. The number of fused-ring (bicyclic) bond motifs is 1. The Morgan fingerprint density at radius 3 is 3.17 bits per heavy atom. The molecule has 0 aliphatic carbocycles. The molecule has 23 heavy (non-hydrogen) atoms. The average molecular weight is 316 g/mol. The van der Waals surface area contributed by atoms with Crippen molar-refractivity contribution in [1.29, 1.82) is 0 Å². The van der Waals surface area contributed by atoms with Gasteiger partial charge in [-0.25, -0.2) is 4.98 Å². The van der Waals surface area contributed by atoms with Crippen LogP contribution in [-0.2, 0) is 11.2 Å². The van der Waals surface area contributed by atoms with E-state index in [1.807, 2.05) is 35.0 Å². The minimum atomic E-state index is -0.776. The summed E-state index contributed by atoms with van der Waals surface area (Å²) < 4.78 is 1.95. The summed E-state index contributed by atoms with van der Waals surface area (Å²) in [6, 6.07) is 5.84. The Labute approximate surface area is 135 Å².